The molecule has 2 N–H and O–H groups in total. The standard InChI is InChI=1S/C10H21NO2.C2H4O2/c1-3-5-7-11-9-10(12)13-8-6-4-2;1-2(3)4/h11H,3-9H2,1-2H3;1H3,(H,3,4). The fraction of sp³-hybridized carbons (Fsp3) is 0.833. The number of carbonyl (C=O) groups excluding carboxylic acids is 1. The lowest BCUT2D eigenvalue weighted by atomic mass is 10.3. The monoisotopic (exact) mass is 247 g/mol. The van der Waals surface area contributed by atoms with Crippen molar-refractivity contribution in [3.8, 4) is 0 Å². The minimum atomic E-state index is -0.833. The molecule has 102 valence electrons. The second-order valence-corrected chi connectivity index (χ2v) is 3.62. The number of rotatable bonds is 8. The first-order valence-corrected chi connectivity index (χ1v) is 6.10. The number of carboxylic acids is 1. The average molecular weight is 247 g/mol. The summed E-state index contributed by atoms with van der Waals surface area (Å²) in [4.78, 5) is 20.0. The van der Waals surface area contributed by atoms with Crippen molar-refractivity contribution in [1.82, 2.24) is 5.32 Å². The maximum absolute atomic E-state index is 11.0. The van der Waals surface area contributed by atoms with E-state index in [4.69, 9.17) is 14.6 Å². The van der Waals surface area contributed by atoms with Gasteiger partial charge in [0.05, 0.1) is 13.2 Å². The summed E-state index contributed by atoms with van der Waals surface area (Å²) in [5.74, 6) is -0.968. The Morgan fingerprint density at radius 3 is 2.18 bits per heavy atom. The molecule has 0 aromatic heterocycles. The molecule has 0 rings (SSSR count). The van der Waals surface area contributed by atoms with Gasteiger partial charge in [-0.1, -0.05) is 26.7 Å². The van der Waals surface area contributed by atoms with Crippen LogP contribution in [0, 0.1) is 0 Å². The zero-order chi connectivity index (χ0) is 13.5. The lowest BCUT2D eigenvalue weighted by Crippen LogP contribution is -2.25. The average Bonchev–Trinajstić information content (AvgIpc) is 2.24. The van der Waals surface area contributed by atoms with Crippen LogP contribution in [-0.2, 0) is 14.3 Å². The quantitative estimate of drug-likeness (QED) is 0.505. The number of esters is 1. The second-order valence-electron chi connectivity index (χ2n) is 3.62. The Kier molecular flexibility index (Phi) is 16.0. The summed E-state index contributed by atoms with van der Waals surface area (Å²) in [6.07, 6.45) is 4.29. The first kappa shape index (κ1) is 18.3. The lowest BCUT2D eigenvalue weighted by molar-refractivity contribution is -0.142. The Morgan fingerprint density at radius 1 is 1.18 bits per heavy atom. The molecule has 0 heterocycles. The molecule has 5 heteroatoms. The van der Waals surface area contributed by atoms with Gasteiger partial charge in [-0.2, -0.15) is 0 Å². The molecule has 0 saturated carbocycles. The molecule has 0 aliphatic carbocycles. The van der Waals surface area contributed by atoms with Crippen LogP contribution < -0.4 is 5.32 Å². The number of unbranched alkanes of at least 4 members (excludes halogenated alkanes) is 2. The van der Waals surface area contributed by atoms with Gasteiger partial charge >= 0.3 is 5.97 Å². The molecular formula is C12H25NO4. The third-order valence-electron chi connectivity index (χ3n) is 1.74. The number of ether oxygens (including phenoxy) is 1. The van der Waals surface area contributed by atoms with E-state index >= 15 is 0 Å². The normalized spacial score (nSPS) is 9.12. The highest BCUT2D eigenvalue weighted by molar-refractivity contribution is 5.71. The van der Waals surface area contributed by atoms with Crippen LogP contribution in [0.25, 0.3) is 0 Å². The van der Waals surface area contributed by atoms with E-state index in [2.05, 4.69) is 19.2 Å². The Balaban J connectivity index is 0. The summed E-state index contributed by atoms with van der Waals surface area (Å²) < 4.78 is 4.96. The van der Waals surface area contributed by atoms with Crippen LogP contribution in [-0.4, -0.2) is 36.7 Å². The molecule has 0 aliphatic heterocycles. The van der Waals surface area contributed by atoms with Crippen molar-refractivity contribution in [2.45, 2.75) is 46.5 Å². The third kappa shape index (κ3) is 25.3. The highest BCUT2D eigenvalue weighted by Crippen LogP contribution is 1.88. The minimum absolute atomic E-state index is 0.135. The van der Waals surface area contributed by atoms with E-state index < -0.39 is 5.97 Å². The summed E-state index contributed by atoms with van der Waals surface area (Å²) in [7, 11) is 0. The minimum Gasteiger partial charge on any atom is -0.481 e. The Morgan fingerprint density at radius 2 is 1.71 bits per heavy atom. The number of carboxylic acid groups (broad SMARTS) is 1. The van der Waals surface area contributed by atoms with Gasteiger partial charge < -0.3 is 15.2 Å². The molecule has 0 aromatic carbocycles. The van der Waals surface area contributed by atoms with Crippen molar-refractivity contribution in [2.75, 3.05) is 19.7 Å². The van der Waals surface area contributed by atoms with E-state index in [1.54, 1.807) is 0 Å². The molecule has 17 heavy (non-hydrogen) atoms. The highest BCUT2D eigenvalue weighted by atomic mass is 16.5. The number of hydrogen-bond acceptors (Lipinski definition) is 4. The van der Waals surface area contributed by atoms with E-state index in [-0.39, 0.29) is 5.97 Å². The summed E-state index contributed by atoms with van der Waals surface area (Å²) >= 11 is 0. The lowest BCUT2D eigenvalue weighted by Gasteiger charge is -2.04. The molecule has 0 fully saturated rings. The molecule has 0 aromatic rings. The van der Waals surface area contributed by atoms with E-state index in [1.165, 1.54) is 0 Å². The topological polar surface area (TPSA) is 75.6 Å². The molecular weight excluding hydrogens is 222 g/mol. The molecule has 0 bridgehead atoms. The SMILES string of the molecule is CC(=O)O.CCCCNCC(=O)OCCCC. The van der Waals surface area contributed by atoms with Crippen molar-refractivity contribution >= 4 is 11.9 Å². The fourth-order valence-electron chi connectivity index (χ4n) is 0.874. The number of nitrogens with one attached hydrogen (secondary N) is 1. The predicted octanol–water partition coefficient (Wildman–Crippen LogP) is 1.81. The summed E-state index contributed by atoms with van der Waals surface area (Å²) in [6, 6.07) is 0. The van der Waals surface area contributed by atoms with Gasteiger partial charge in [-0.25, -0.2) is 0 Å². The summed E-state index contributed by atoms with van der Waals surface area (Å²) in [5, 5.41) is 10.5. The number of aliphatic carboxylic acids is 1. The maximum Gasteiger partial charge on any atom is 0.319 e. The smallest absolute Gasteiger partial charge is 0.319 e. The fourth-order valence-corrected chi connectivity index (χ4v) is 0.874. The largest absolute Gasteiger partial charge is 0.481 e. The molecule has 0 saturated heterocycles. The van der Waals surface area contributed by atoms with Gasteiger partial charge in [-0.05, 0) is 19.4 Å². The van der Waals surface area contributed by atoms with Crippen LogP contribution in [0.1, 0.15) is 46.5 Å². The molecule has 0 unspecified atom stereocenters. The predicted molar refractivity (Wildman–Crippen MR) is 67.0 cm³/mol. The van der Waals surface area contributed by atoms with Crippen LogP contribution in [0.5, 0.6) is 0 Å². The first-order chi connectivity index (χ1) is 8.04. The van der Waals surface area contributed by atoms with Crippen molar-refractivity contribution in [1.29, 1.82) is 0 Å². The molecule has 0 spiro atoms. The Bertz CT molecular complexity index is 191. The Labute approximate surface area is 104 Å². The molecule has 0 aliphatic rings. The Hall–Kier alpha value is -1.10. The second kappa shape index (κ2) is 14.9. The number of hydrogen-bond donors (Lipinski definition) is 2. The molecule has 0 atom stereocenters. The number of carbonyl (C=O) groups is 2. The molecule has 5 nitrogen and oxygen atoms in total. The van der Waals surface area contributed by atoms with E-state index in [1.807, 2.05) is 0 Å². The van der Waals surface area contributed by atoms with Crippen LogP contribution in [0.15, 0.2) is 0 Å². The summed E-state index contributed by atoms with van der Waals surface area (Å²) in [5.41, 5.74) is 0. The van der Waals surface area contributed by atoms with Crippen molar-refractivity contribution in [3.63, 3.8) is 0 Å². The van der Waals surface area contributed by atoms with Crippen molar-refractivity contribution < 1.29 is 19.4 Å². The van der Waals surface area contributed by atoms with Gasteiger partial charge in [0.25, 0.3) is 5.97 Å². The van der Waals surface area contributed by atoms with Crippen LogP contribution in [0.4, 0.5) is 0 Å². The zero-order valence-corrected chi connectivity index (χ0v) is 11.1. The van der Waals surface area contributed by atoms with Gasteiger partial charge in [0, 0.05) is 6.92 Å². The molecule has 0 amide bonds. The van der Waals surface area contributed by atoms with Crippen molar-refractivity contribution in [2.24, 2.45) is 0 Å². The van der Waals surface area contributed by atoms with Crippen LogP contribution in [0.3, 0.4) is 0 Å². The van der Waals surface area contributed by atoms with Gasteiger partial charge in [0.15, 0.2) is 0 Å². The van der Waals surface area contributed by atoms with Gasteiger partial charge in [-0.3, -0.25) is 9.59 Å². The molecule has 0 radical (unpaired) electrons. The van der Waals surface area contributed by atoms with Gasteiger partial charge in [-0.15, -0.1) is 0 Å². The van der Waals surface area contributed by atoms with Crippen LogP contribution >= 0.6 is 0 Å². The maximum atomic E-state index is 11.0. The van der Waals surface area contributed by atoms with Crippen LogP contribution in [0.2, 0.25) is 0 Å². The van der Waals surface area contributed by atoms with E-state index in [0.29, 0.717) is 13.2 Å². The third-order valence-corrected chi connectivity index (χ3v) is 1.74. The van der Waals surface area contributed by atoms with E-state index in [9.17, 15) is 4.79 Å². The van der Waals surface area contributed by atoms with Gasteiger partial charge in [0.1, 0.15) is 0 Å². The zero-order valence-electron chi connectivity index (χ0n) is 11.1. The van der Waals surface area contributed by atoms with E-state index in [0.717, 1.165) is 39.2 Å². The summed E-state index contributed by atoms with van der Waals surface area (Å²) in [6.45, 7) is 7.10. The highest BCUT2D eigenvalue weighted by Gasteiger charge is 1.99. The van der Waals surface area contributed by atoms with Crippen molar-refractivity contribution in [3.05, 3.63) is 0 Å². The van der Waals surface area contributed by atoms with Gasteiger partial charge in [0.2, 0.25) is 0 Å². The first-order valence-electron chi connectivity index (χ1n) is 6.10.